The summed E-state index contributed by atoms with van der Waals surface area (Å²) in [4.78, 5) is -0.0508. The van der Waals surface area contributed by atoms with Crippen LogP contribution in [0.2, 0.25) is 10.0 Å². The first-order chi connectivity index (χ1) is 7.30. The van der Waals surface area contributed by atoms with Crippen LogP contribution in [0.25, 0.3) is 0 Å². The average molecular weight is 298 g/mol. The molecule has 0 aliphatic heterocycles. The molecule has 2 N–H and O–H groups in total. The minimum atomic E-state index is -3.36. The predicted molar refractivity (Wildman–Crippen MR) is 70.7 cm³/mol. The second-order valence-corrected chi connectivity index (χ2v) is 6.67. The Morgan fingerprint density at radius 3 is 2.50 bits per heavy atom. The van der Waals surface area contributed by atoms with Crippen molar-refractivity contribution in [3.05, 3.63) is 33.8 Å². The number of benzene rings is 1. The Labute approximate surface area is 109 Å². The van der Waals surface area contributed by atoms with E-state index in [1.807, 2.05) is 0 Å². The molecular formula is C9H9Cl2NO2S2. The van der Waals surface area contributed by atoms with Crippen molar-refractivity contribution in [2.75, 3.05) is 5.75 Å². The topological polar surface area (TPSA) is 60.2 Å². The van der Waals surface area contributed by atoms with Gasteiger partial charge < -0.3 is 5.73 Å². The Morgan fingerprint density at radius 1 is 1.38 bits per heavy atom. The molecule has 0 bridgehead atoms. The van der Waals surface area contributed by atoms with Crippen LogP contribution in [0.5, 0.6) is 0 Å². The lowest BCUT2D eigenvalue weighted by molar-refractivity contribution is 0.599. The first-order valence-electron chi connectivity index (χ1n) is 4.23. The molecule has 0 aliphatic rings. The maximum absolute atomic E-state index is 11.6. The van der Waals surface area contributed by atoms with Gasteiger partial charge in [-0.2, -0.15) is 0 Å². The fraction of sp³-hybridized carbons (Fsp3) is 0.222. The first kappa shape index (κ1) is 13.7. The molecule has 1 aromatic carbocycles. The van der Waals surface area contributed by atoms with Gasteiger partial charge in [-0.1, -0.05) is 41.5 Å². The van der Waals surface area contributed by atoms with E-state index in [9.17, 15) is 8.42 Å². The summed E-state index contributed by atoms with van der Waals surface area (Å²) in [6, 6.07) is 4.65. The largest absolute Gasteiger partial charge is 0.392 e. The molecule has 0 fully saturated rings. The highest BCUT2D eigenvalue weighted by Crippen LogP contribution is 2.22. The van der Waals surface area contributed by atoms with E-state index in [-0.39, 0.29) is 16.5 Å². The van der Waals surface area contributed by atoms with Crippen LogP contribution in [0.3, 0.4) is 0 Å². The van der Waals surface area contributed by atoms with E-state index in [0.717, 1.165) is 0 Å². The van der Waals surface area contributed by atoms with Crippen molar-refractivity contribution in [2.24, 2.45) is 5.73 Å². The number of rotatable bonds is 4. The van der Waals surface area contributed by atoms with Gasteiger partial charge >= 0.3 is 0 Å². The molecule has 0 atom stereocenters. The van der Waals surface area contributed by atoms with Crippen molar-refractivity contribution < 1.29 is 8.42 Å². The van der Waals surface area contributed by atoms with Gasteiger partial charge in [0.15, 0.2) is 9.84 Å². The van der Waals surface area contributed by atoms with Gasteiger partial charge in [-0.3, -0.25) is 0 Å². The molecule has 88 valence electrons. The monoisotopic (exact) mass is 297 g/mol. The lowest BCUT2D eigenvalue weighted by Crippen LogP contribution is -2.22. The van der Waals surface area contributed by atoms with Gasteiger partial charge in [0.05, 0.1) is 10.7 Å². The SMILES string of the molecule is NC(=S)CS(=O)(=O)Cc1ccc(Cl)cc1Cl. The van der Waals surface area contributed by atoms with Gasteiger partial charge in [0.1, 0.15) is 5.75 Å². The molecule has 3 nitrogen and oxygen atoms in total. The van der Waals surface area contributed by atoms with Crippen LogP contribution >= 0.6 is 35.4 Å². The van der Waals surface area contributed by atoms with Gasteiger partial charge in [-0.15, -0.1) is 0 Å². The van der Waals surface area contributed by atoms with Crippen molar-refractivity contribution in [1.29, 1.82) is 0 Å². The summed E-state index contributed by atoms with van der Waals surface area (Å²) in [6.07, 6.45) is 0. The normalized spacial score (nSPS) is 11.4. The van der Waals surface area contributed by atoms with Gasteiger partial charge in [-0.05, 0) is 17.7 Å². The molecule has 1 aromatic rings. The molecule has 0 amide bonds. The molecule has 1 rings (SSSR count). The second-order valence-electron chi connectivity index (χ2n) is 3.23. The summed E-state index contributed by atoms with van der Waals surface area (Å²) < 4.78 is 23.2. The van der Waals surface area contributed by atoms with Crippen LogP contribution in [0.15, 0.2) is 18.2 Å². The number of sulfone groups is 1. The molecule has 7 heteroatoms. The molecule has 0 unspecified atom stereocenters. The molecule has 0 aliphatic carbocycles. The van der Waals surface area contributed by atoms with Crippen molar-refractivity contribution >= 4 is 50.2 Å². The summed E-state index contributed by atoms with van der Waals surface area (Å²) in [6.45, 7) is 0. The van der Waals surface area contributed by atoms with Gasteiger partial charge in [0.2, 0.25) is 0 Å². The summed E-state index contributed by atoms with van der Waals surface area (Å²) >= 11 is 16.1. The zero-order valence-corrected chi connectivity index (χ0v) is 11.3. The molecule has 0 spiro atoms. The van der Waals surface area contributed by atoms with Crippen LogP contribution in [0.1, 0.15) is 5.56 Å². The fourth-order valence-corrected chi connectivity index (χ4v) is 3.50. The highest BCUT2D eigenvalue weighted by molar-refractivity contribution is 7.93. The van der Waals surface area contributed by atoms with Crippen LogP contribution in [0, 0.1) is 0 Å². The first-order valence-corrected chi connectivity index (χ1v) is 7.21. The Hall–Kier alpha value is -0.360. The zero-order chi connectivity index (χ0) is 12.3. The molecule has 0 saturated heterocycles. The Bertz CT molecular complexity index is 514. The quantitative estimate of drug-likeness (QED) is 0.866. The molecular weight excluding hydrogens is 289 g/mol. The Morgan fingerprint density at radius 2 is 2.00 bits per heavy atom. The minimum absolute atomic E-state index is 0.0508. The summed E-state index contributed by atoms with van der Waals surface area (Å²) in [7, 11) is -3.36. The number of nitrogens with two attached hydrogens (primary N) is 1. The molecule has 0 saturated carbocycles. The van der Waals surface area contributed by atoms with Gasteiger partial charge in [-0.25, -0.2) is 8.42 Å². The van der Waals surface area contributed by atoms with Gasteiger partial charge in [0, 0.05) is 10.0 Å². The van der Waals surface area contributed by atoms with Crippen molar-refractivity contribution in [3.8, 4) is 0 Å². The fourth-order valence-electron chi connectivity index (χ4n) is 1.14. The van der Waals surface area contributed by atoms with E-state index in [1.54, 1.807) is 12.1 Å². The highest BCUT2D eigenvalue weighted by atomic mass is 35.5. The molecule has 0 heterocycles. The van der Waals surface area contributed by atoms with Crippen molar-refractivity contribution in [2.45, 2.75) is 5.75 Å². The zero-order valence-electron chi connectivity index (χ0n) is 8.11. The maximum atomic E-state index is 11.6. The van der Waals surface area contributed by atoms with Crippen molar-refractivity contribution in [3.63, 3.8) is 0 Å². The summed E-state index contributed by atoms with van der Waals surface area (Å²) in [5.74, 6) is -0.512. The minimum Gasteiger partial charge on any atom is -0.392 e. The number of hydrogen-bond acceptors (Lipinski definition) is 3. The lowest BCUT2D eigenvalue weighted by atomic mass is 10.2. The number of thiocarbonyl (C=S) groups is 1. The van der Waals surface area contributed by atoms with Gasteiger partial charge in [0.25, 0.3) is 0 Å². The van der Waals surface area contributed by atoms with Crippen LogP contribution in [-0.2, 0) is 15.6 Å². The van der Waals surface area contributed by atoms with E-state index < -0.39 is 9.84 Å². The third-order valence-corrected chi connectivity index (χ3v) is 4.17. The molecule has 0 aromatic heterocycles. The third-order valence-electron chi connectivity index (χ3n) is 1.75. The third kappa shape index (κ3) is 4.25. The lowest BCUT2D eigenvalue weighted by Gasteiger charge is -2.05. The smallest absolute Gasteiger partial charge is 0.160 e. The second kappa shape index (κ2) is 5.31. The Balaban J connectivity index is 2.92. The average Bonchev–Trinajstić information content (AvgIpc) is 2.07. The number of halogens is 2. The predicted octanol–water partition coefficient (Wildman–Crippen LogP) is 2.19. The van der Waals surface area contributed by atoms with E-state index in [1.165, 1.54) is 6.07 Å². The van der Waals surface area contributed by atoms with Crippen LogP contribution in [-0.4, -0.2) is 19.2 Å². The van der Waals surface area contributed by atoms with E-state index in [0.29, 0.717) is 15.6 Å². The van der Waals surface area contributed by atoms with E-state index in [2.05, 4.69) is 12.2 Å². The Kier molecular flexibility index (Phi) is 4.55. The van der Waals surface area contributed by atoms with Crippen LogP contribution in [0.4, 0.5) is 0 Å². The van der Waals surface area contributed by atoms with E-state index >= 15 is 0 Å². The summed E-state index contributed by atoms with van der Waals surface area (Å²) in [5.41, 5.74) is 5.68. The maximum Gasteiger partial charge on any atom is 0.160 e. The molecule has 16 heavy (non-hydrogen) atoms. The molecule has 0 radical (unpaired) electrons. The van der Waals surface area contributed by atoms with E-state index in [4.69, 9.17) is 28.9 Å². The highest BCUT2D eigenvalue weighted by Gasteiger charge is 2.15. The van der Waals surface area contributed by atoms with Crippen LogP contribution < -0.4 is 5.73 Å². The standard InChI is InChI=1S/C9H9Cl2NO2S2/c10-7-2-1-6(8(11)3-7)4-16(13,14)5-9(12)15/h1-3H,4-5H2,(H2,12,15). The summed E-state index contributed by atoms with van der Waals surface area (Å²) in [5, 5.41) is 0.777. The number of hydrogen-bond donors (Lipinski definition) is 1. The van der Waals surface area contributed by atoms with Crippen molar-refractivity contribution in [1.82, 2.24) is 0 Å².